The van der Waals surface area contributed by atoms with Gasteiger partial charge in [-0.1, -0.05) is 325 Å². The van der Waals surface area contributed by atoms with Gasteiger partial charge in [-0.2, -0.15) is 0 Å². The molecule has 4 aromatic heterocycles. The summed E-state index contributed by atoms with van der Waals surface area (Å²) in [4.78, 5) is 44.4. The van der Waals surface area contributed by atoms with E-state index >= 15 is 0 Å². The molecular weight excluding hydrogens is 1680 g/mol. The highest BCUT2D eigenvalue weighted by Gasteiger charge is 2.22. The second kappa shape index (κ2) is 35.4. The van der Waals surface area contributed by atoms with Crippen molar-refractivity contribution in [3.8, 4) is 175 Å². The Kier molecular flexibility index (Phi) is 23.6. The van der Waals surface area contributed by atoms with Crippen LogP contribution in [0.3, 0.4) is 0 Å². The Morgan fingerprint density at radius 1 is 0.237 bits per heavy atom. The summed E-state index contributed by atoms with van der Waals surface area (Å²) in [6.45, 7) is 0. The van der Waals surface area contributed by atoms with Crippen molar-refractivity contribution in [2.24, 2.45) is 0 Å². The minimum Gasteiger partial charge on any atom is -0.508 e. The van der Waals surface area contributed by atoms with Crippen LogP contribution < -0.4 is 0 Å². The van der Waals surface area contributed by atoms with Gasteiger partial charge in [0, 0.05) is 84.7 Å². The molecule has 0 aliphatic rings. The number of imidazole rings is 4. The van der Waals surface area contributed by atoms with Gasteiger partial charge >= 0.3 is 5.97 Å². The Bertz CT molecular complexity index is 6220. The van der Waals surface area contributed by atoms with E-state index in [2.05, 4.69) is 193 Å². The molecule has 0 bridgehead atoms. The number of H-pyrrole nitrogens is 4. The molecule has 114 heavy (non-hydrogen) atoms. The number of hydrogen-bond donors (Lipinski definition) is 8. The molecule has 18 rings (SSSR count). The number of carboxylic acid groups (broad SMARTS) is 1. The van der Waals surface area contributed by atoms with E-state index < -0.39 is 5.97 Å². The zero-order chi connectivity index (χ0) is 78.4. The van der Waals surface area contributed by atoms with E-state index in [1.54, 1.807) is 60.7 Å². The zero-order valence-corrected chi connectivity index (χ0v) is 67.0. The van der Waals surface area contributed by atoms with Crippen molar-refractivity contribution in [2.45, 2.75) is 0 Å². The Balaban J connectivity index is 0.000000120. The van der Waals surface area contributed by atoms with E-state index in [9.17, 15) is 20.1 Å². The molecule has 0 unspecified atom stereocenters. The molecule has 17 heteroatoms. The van der Waals surface area contributed by atoms with Gasteiger partial charge in [0.05, 0.1) is 51.1 Å². The van der Waals surface area contributed by atoms with Crippen LogP contribution in [0.2, 0.25) is 0 Å². The monoisotopic (exact) mass is 1740 g/mol. The van der Waals surface area contributed by atoms with E-state index in [0.29, 0.717) is 11.6 Å². The summed E-state index contributed by atoms with van der Waals surface area (Å²) in [5.41, 5.74) is 24.0. The van der Waals surface area contributed by atoms with Crippen LogP contribution in [-0.4, -0.2) is 66.3 Å². The van der Waals surface area contributed by atoms with E-state index in [0.717, 1.165) is 142 Å². The van der Waals surface area contributed by atoms with Gasteiger partial charge < -0.3 is 40.4 Å². The normalized spacial score (nSPS) is 10.8. The molecule has 0 aliphatic carbocycles. The molecule has 0 atom stereocenters. The lowest BCUT2D eigenvalue weighted by Crippen LogP contribution is -1.95. The molecule has 554 valence electrons. The number of aromatic hydroxyl groups is 3. The summed E-state index contributed by atoms with van der Waals surface area (Å²) in [6, 6.07) is 118. The first kappa shape index (κ1) is 76.1. The zero-order valence-electron chi connectivity index (χ0n) is 60.6. The number of aromatic amines is 4. The quantitative estimate of drug-likeness (QED) is 0.0490. The minimum atomic E-state index is -0.947. The molecule has 4 heterocycles. The summed E-state index contributed by atoms with van der Waals surface area (Å²) in [6.07, 6.45) is 0. The number of nitrogens with one attached hydrogen (secondary N) is 4. The van der Waals surface area contributed by atoms with Crippen LogP contribution >= 0.6 is 63.7 Å². The second-order valence-corrected chi connectivity index (χ2v) is 30.0. The van der Waals surface area contributed by atoms with Crippen LogP contribution in [-0.2, 0) is 0 Å². The number of aromatic carboxylic acids is 1. The number of carboxylic acids is 1. The van der Waals surface area contributed by atoms with Gasteiger partial charge in [-0.05, 0) is 125 Å². The van der Waals surface area contributed by atoms with Crippen molar-refractivity contribution in [1.82, 2.24) is 39.9 Å². The van der Waals surface area contributed by atoms with Crippen LogP contribution in [0.1, 0.15) is 10.4 Å². The van der Waals surface area contributed by atoms with E-state index in [1.165, 1.54) is 22.3 Å². The van der Waals surface area contributed by atoms with Gasteiger partial charge in [0.15, 0.2) is 0 Å². The van der Waals surface area contributed by atoms with E-state index in [4.69, 9.17) is 25.0 Å². The standard InChI is InChI=1S/2C27H20N2O.C22H14Br2N2O2.C21H14Br2N2O/c30-24-13-7-12-23(18-24)27-28-25(21-10-5-2-6-11-21)26(29-27)22-16-14-20(15-17-22)19-8-3-1-4-9-19;30-24-17-15-23(16-18-24)27-28-25(21-9-5-2-6-10-21)26(29-27)22-13-11-20(12-14-22)19-7-3-1-4-8-19;23-17-9-5-13(6-10-17)19-20(14-7-11-18(24)12-8-14)26-21(25-19)15-1-3-16(4-2-15)22(27)28;22-15-10-8-13(9-11-15)19-20(17-6-1-2-7-18(17)23)25-21(24-19)14-4-3-5-16(26)12-14/h2*1-18,30H,(H,28,29);1-12H,(H,25,26)(H,27,28);1-12,26H,(H,24,25). The number of hydrogen-bond acceptors (Lipinski definition) is 8. The lowest BCUT2D eigenvalue weighted by atomic mass is 10.0. The number of carbonyl (C=O) groups is 1. The van der Waals surface area contributed by atoms with Crippen LogP contribution in [0, 0.1) is 0 Å². The average molecular weight is 1750 g/mol. The molecule has 0 spiro atoms. The summed E-state index contributed by atoms with van der Waals surface area (Å²) in [5.74, 6) is 2.63. The first-order chi connectivity index (χ1) is 55.7. The number of phenolic OH excluding ortho intramolecular Hbond substituents is 3. The number of halogens is 4. The number of benzene rings is 14. The molecule has 0 aliphatic heterocycles. The van der Waals surface area contributed by atoms with Crippen LogP contribution in [0.5, 0.6) is 17.2 Å². The number of rotatable bonds is 15. The fourth-order valence-electron chi connectivity index (χ4n) is 13.0. The van der Waals surface area contributed by atoms with E-state index in [1.807, 2.05) is 194 Å². The minimum absolute atomic E-state index is 0.214. The molecule has 0 saturated carbocycles. The largest absolute Gasteiger partial charge is 0.508 e. The maximum Gasteiger partial charge on any atom is 0.335 e. The fraction of sp³-hybridized carbons (Fsp3) is 0. The lowest BCUT2D eigenvalue weighted by Gasteiger charge is -2.06. The van der Waals surface area contributed by atoms with Crippen LogP contribution in [0.4, 0.5) is 0 Å². The second-order valence-electron chi connectivity index (χ2n) is 26.4. The summed E-state index contributed by atoms with van der Waals surface area (Å²) in [7, 11) is 0. The van der Waals surface area contributed by atoms with Gasteiger partial charge in [0.1, 0.15) is 40.5 Å². The SMILES string of the molecule is O=C(O)c1ccc(-c2nc(-c3ccc(Br)cc3)c(-c3ccc(Br)cc3)[nH]2)cc1.Oc1ccc(-c2nc(-c3ccccc3)c(-c3ccc(-c4ccccc4)cc3)[nH]2)cc1.Oc1cccc(-c2nc(-c3ccc(Br)cc3)c(-c3ccccc3Br)[nH]2)c1.Oc1cccc(-c2nc(-c3ccccc3)c(-c3ccc(-c4ccccc4)cc3)[nH]2)c1. The van der Waals surface area contributed by atoms with Crippen molar-refractivity contribution in [1.29, 1.82) is 0 Å². The summed E-state index contributed by atoms with van der Waals surface area (Å²) < 4.78 is 4.02. The molecule has 0 amide bonds. The van der Waals surface area contributed by atoms with E-state index in [-0.39, 0.29) is 22.8 Å². The molecule has 0 radical (unpaired) electrons. The fourth-order valence-corrected chi connectivity index (χ4v) is 14.3. The maximum absolute atomic E-state index is 11.1. The highest BCUT2D eigenvalue weighted by atomic mass is 79.9. The van der Waals surface area contributed by atoms with Gasteiger partial charge in [-0.3, -0.25) is 0 Å². The van der Waals surface area contributed by atoms with Gasteiger partial charge in [0.25, 0.3) is 0 Å². The van der Waals surface area contributed by atoms with Crippen LogP contribution in [0.25, 0.3) is 158 Å². The molecule has 8 N–H and O–H groups in total. The lowest BCUT2D eigenvalue weighted by molar-refractivity contribution is 0.0696. The smallest absolute Gasteiger partial charge is 0.335 e. The number of aromatic nitrogens is 8. The van der Waals surface area contributed by atoms with Gasteiger partial charge in [-0.15, -0.1) is 0 Å². The van der Waals surface area contributed by atoms with Gasteiger partial charge in [0.2, 0.25) is 0 Å². The molecular formula is C97H68Br4N8O5. The first-order valence-electron chi connectivity index (χ1n) is 36.3. The van der Waals surface area contributed by atoms with Crippen LogP contribution in [0.15, 0.2) is 382 Å². The topological polar surface area (TPSA) is 213 Å². The Hall–Kier alpha value is -13.3. The Labute approximate surface area is 691 Å². The maximum atomic E-state index is 11.1. The predicted molar refractivity (Wildman–Crippen MR) is 473 cm³/mol. The van der Waals surface area contributed by atoms with Crippen molar-refractivity contribution in [2.75, 3.05) is 0 Å². The highest BCUT2D eigenvalue weighted by Crippen LogP contribution is 2.41. The molecule has 13 nitrogen and oxygen atoms in total. The number of phenols is 3. The summed E-state index contributed by atoms with van der Waals surface area (Å²) >= 11 is 14.1. The third-order valence-electron chi connectivity index (χ3n) is 18.8. The average Bonchev–Trinajstić information content (AvgIpc) is 1.65. The molecule has 18 aromatic rings. The van der Waals surface area contributed by atoms with Gasteiger partial charge in [-0.25, -0.2) is 24.7 Å². The summed E-state index contributed by atoms with van der Waals surface area (Å²) in [5, 5.41) is 38.4. The molecule has 14 aromatic carbocycles. The predicted octanol–water partition coefficient (Wildman–Crippen LogP) is 26.8. The van der Waals surface area contributed by atoms with Crippen molar-refractivity contribution in [3.05, 3.63) is 387 Å². The Morgan fingerprint density at radius 2 is 0.500 bits per heavy atom. The van der Waals surface area contributed by atoms with Crippen molar-refractivity contribution < 1.29 is 25.2 Å². The third kappa shape index (κ3) is 18.2. The van der Waals surface area contributed by atoms with Crippen molar-refractivity contribution >= 4 is 69.7 Å². The molecule has 0 saturated heterocycles. The first-order valence-corrected chi connectivity index (χ1v) is 39.4. The molecule has 0 fully saturated rings. The Morgan fingerprint density at radius 3 is 0.860 bits per heavy atom. The number of nitrogens with zero attached hydrogens (tertiary/aromatic N) is 4. The van der Waals surface area contributed by atoms with Crippen molar-refractivity contribution in [3.63, 3.8) is 0 Å². The third-order valence-corrected chi connectivity index (χ3v) is 21.0. The highest BCUT2D eigenvalue weighted by molar-refractivity contribution is 9.11.